The minimum Gasteiger partial charge on any atom is -0.325 e. The summed E-state index contributed by atoms with van der Waals surface area (Å²) in [4.78, 5) is 23.5. The van der Waals surface area contributed by atoms with Crippen molar-refractivity contribution in [3.8, 4) is 0 Å². The van der Waals surface area contributed by atoms with Crippen molar-refractivity contribution in [3.63, 3.8) is 0 Å². The summed E-state index contributed by atoms with van der Waals surface area (Å²) in [6, 6.07) is 8.50. The highest BCUT2D eigenvalue weighted by atomic mass is 16.2. The molecule has 2 amide bonds. The Bertz CT molecular complexity index is 522. The first-order valence-electron chi connectivity index (χ1n) is 5.64. The molecule has 1 aliphatic rings. The Kier molecular flexibility index (Phi) is 3.16. The van der Waals surface area contributed by atoms with E-state index in [1.807, 2.05) is 30.3 Å². The number of hydrazine groups is 1. The van der Waals surface area contributed by atoms with Crippen LogP contribution in [0.2, 0.25) is 0 Å². The molecule has 0 unspecified atom stereocenters. The second kappa shape index (κ2) is 4.62. The number of ketones is 1. The third-order valence-corrected chi connectivity index (χ3v) is 3.04. The first-order chi connectivity index (χ1) is 8.52. The Balaban J connectivity index is 2.53. The van der Waals surface area contributed by atoms with Crippen molar-refractivity contribution in [2.24, 2.45) is 5.84 Å². The number of allylic oxidation sites excluding steroid dienone is 1. The van der Waals surface area contributed by atoms with E-state index in [4.69, 9.17) is 5.84 Å². The molecule has 0 saturated carbocycles. The molecule has 5 nitrogen and oxygen atoms in total. The van der Waals surface area contributed by atoms with E-state index in [0.717, 1.165) is 10.6 Å². The number of amides is 2. The number of benzene rings is 1. The maximum absolute atomic E-state index is 11.8. The van der Waals surface area contributed by atoms with Crippen LogP contribution in [-0.4, -0.2) is 16.8 Å². The van der Waals surface area contributed by atoms with Gasteiger partial charge >= 0.3 is 6.03 Å². The highest BCUT2D eigenvalue weighted by Gasteiger charge is 2.32. The molecule has 1 aromatic rings. The zero-order chi connectivity index (χ0) is 13.3. The standard InChI is InChI=1S/C13H15N3O2/c1-8-11(9(2)17)12(15-13(18)16(8)14)10-6-4-3-5-7-10/h3-7,12H,14H2,1-2H3,(H,15,18)/t12-/m0/s1. The van der Waals surface area contributed by atoms with E-state index in [1.165, 1.54) is 6.92 Å². The number of hydrogen-bond acceptors (Lipinski definition) is 3. The highest BCUT2D eigenvalue weighted by molar-refractivity contribution is 5.98. The fraction of sp³-hybridized carbons (Fsp3) is 0.231. The van der Waals surface area contributed by atoms with Crippen LogP contribution in [0.4, 0.5) is 4.79 Å². The molecular weight excluding hydrogens is 230 g/mol. The third kappa shape index (κ3) is 2.00. The SMILES string of the molecule is CC(=O)C1=C(C)N(N)C(=O)N[C@H]1c1ccccc1. The second-order valence-corrected chi connectivity index (χ2v) is 4.22. The predicted octanol–water partition coefficient (Wildman–Crippen LogP) is 1.49. The van der Waals surface area contributed by atoms with Gasteiger partial charge in [-0.05, 0) is 19.4 Å². The van der Waals surface area contributed by atoms with Gasteiger partial charge in [0, 0.05) is 11.3 Å². The lowest BCUT2D eigenvalue weighted by Gasteiger charge is -2.32. The number of nitrogens with zero attached hydrogens (tertiary/aromatic N) is 1. The molecule has 18 heavy (non-hydrogen) atoms. The number of Topliss-reactive ketones (excluding diaryl/α,β-unsaturated/α-hetero) is 1. The molecule has 1 aromatic carbocycles. The van der Waals surface area contributed by atoms with Crippen molar-refractivity contribution < 1.29 is 9.59 Å². The molecule has 0 spiro atoms. The smallest absolute Gasteiger partial charge is 0.325 e. The van der Waals surface area contributed by atoms with Crippen molar-refractivity contribution in [1.29, 1.82) is 0 Å². The van der Waals surface area contributed by atoms with E-state index in [0.29, 0.717) is 11.3 Å². The van der Waals surface area contributed by atoms with Gasteiger partial charge in [0.25, 0.3) is 0 Å². The Labute approximate surface area is 105 Å². The number of carbonyl (C=O) groups is 2. The summed E-state index contributed by atoms with van der Waals surface area (Å²) >= 11 is 0. The molecule has 2 rings (SSSR count). The van der Waals surface area contributed by atoms with Crippen LogP contribution in [0.15, 0.2) is 41.6 Å². The molecule has 1 atom stereocenters. The average Bonchev–Trinajstić information content (AvgIpc) is 2.36. The molecule has 0 radical (unpaired) electrons. The van der Waals surface area contributed by atoms with Gasteiger partial charge in [-0.15, -0.1) is 0 Å². The lowest BCUT2D eigenvalue weighted by Crippen LogP contribution is -2.50. The molecule has 94 valence electrons. The molecule has 0 fully saturated rings. The fourth-order valence-electron chi connectivity index (χ4n) is 2.11. The van der Waals surface area contributed by atoms with E-state index in [9.17, 15) is 9.59 Å². The topological polar surface area (TPSA) is 75.4 Å². The van der Waals surface area contributed by atoms with Crippen LogP contribution in [0, 0.1) is 0 Å². The van der Waals surface area contributed by atoms with Gasteiger partial charge in [-0.25, -0.2) is 15.6 Å². The summed E-state index contributed by atoms with van der Waals surface area (Å²) in [6.45, 7) is 3.14. The number of nitrogens with two attached hydrogens (primary N) is 1. The predicted molar refractivity (Wildman–Crippen MR) is 67.1 cm³/mol. The average molecular weight is 245 g/mol. The van der Waals surface area contributed by atoms with Crippen LogP contribution in [-0.2, 0) is 4.79 Å². The third-order valence-electron chi connectivity index (χ3n) is 3.04. The summed E-state index contributed by atoms with van der Waals surface area (Å²) in [5.74, 6) is 5.50. The van der Waals surface area contributed by atoms with Crippen LogP contribution >= 0.6 is 0 Å². The minimum absolute atomic E-state index is 0.100. The number of hydrogen-bond donors (Lipinski definition) is 2. The molecule has 1 heterocycles. The van der Waals surface area contributed by atoms with E-state index >= 15 is 0 Å². The van der Waals surface area contributed by atoms with Gasteiger partial charge in [0.1, 0.15) is 0 Å². The van der Waals surface area contributed by atoms with Gasteiger partial charge < -0.3 is 5.32 Å². The van der Waals surface area contributed by atoms with E-state index < -0.39 is 12.1 Å². The van der Waals surface area contributed by atoms with Crippen LogP contribution in [0.1, 0.15) is 25.5 Å². The molecule has 0 aromatic heterocycles. The zero-order valence-corrected chi connectivity index (χ0v) is 10.3. The molecular formula is C13H15N3O2. The van der Waals surface area contributed by atoms with Crippen molar-refractivity contribution in [2.75, 3.05) is 0 Å². The quantitative estimate of drug-likeness (QED) is 0.612. The number of carbonyl (C=O) groups excluding carboxylic acids is 2. The Morgan fingerprint density at radius 2 is 1.94 bits per heavy atom. The Hall–Kier alpha value is -2.14. The molecule has 0 saturated heterocycles. The van der Waals surface area contributed by atoms with Gasteiger partial charge in [0.2, 0.25) is 0 Å². The molecule has 0 aliphatic carbocycles. The monoisotopic (exact) mass is 245 g/mol. The van der Waals surface area contributed by atoms with Gasteiger partial charge in [-0.2, -0.15) is 0 Å². The van der Waals surface area contributed by atoms with Crippen LogP contribution in [0.5, 0.6) is 0 Å². The molecule has 5 heteroatoms. The van der Waals surface area contributed by atoms with Gasteiger partial charge in [0.15, 0.2) is 5.78 Å². The summed E-state index contributed by atoms with van der Waals surface area (Å²) in [5.41, 5.74) is 1.87. The van der Waals surface area contributed by atoms with Crippen molar-refractivity contribution >= 4 is 11.8 Å². The fourth-order valence-corrected chi connectivity index (χ4v) is 2.11. The van der Waals surface area contributed by atoms with Crippen LogP contribution in [0.3, 0.4) is 0 Å². The van der Waals surface area contributed by atoms with Crippen LogP contribution in [0.25, 0.3) is 0 Å². The lowest BCUT2D eigenvalue weighted by atomic mass is 9.93. The van der Waals surface area contributed by atoms with E-state index in [-0.39, 0.29) is 5.78 Å². The van der Waals surface area contributed by atoms with Gasteiger partial charge in [-0.1, -0.05) is 30.3 Å². The van der Waals surface area contributed by atoms with E-state index in [2.05, 4.69) is 5.32 Å². The molecule has 0 bridgehead atoms. The number of urea groups is 1. The van der Waals surface area contributed by atoms with E-state index in [1.54, 1.807) is 6.92 Å². The lowest BCUT2D eigenvalue weighted by molar-refractivity contribution is -0.114. The summed E-state index contributed by atoms with van der Waals surface area (Å²) in [6.07, 6.45) is 0. The summed E-state index contributed by atoms with van der Waals surface area (Å²) in [5, 5.41) is 3.70. The van der Waals surface area contributed by atoms with Crippen LogP contribution < -0.4 is 11.2 Å². The van der Waals surface area contributed by atoms with Crippen molar-refractivity contribution in [2.45, 2.75) is 19.9 Å². The first-order valence-corrected chi connectivity index (χ1v) is 5.64. The largest absolute Gasteiger partial charge is 0.336 e. The molecule has 1 aliphatic heterocycles. The van der Waals surface area contributed by atoms with Gasteiger partial charge in [0.05, 0.1) is 6.04 Å². The maximum atomic E-state index is 11.8. The highest BCUT2D eigenvalue weighted by Crippen LogP contribution is 2.29. The number of rotatable bonds is 2. The summed E-state index contributed by atoms with van der Waals surface area (Å²) in [7, 11) is 0. The van der Waals surface area contributed by atoms with Crippen molar-refractivity contribution in [3.05, 3.63) is 47.2 Å². The van der Waals surface area contributed by atoms with Crippen molar-refractivity contribution in [1.82, 2.24) is 10.3 Å². The first kappa shape index (κ1) is 12.3. The maximum Gasteiger partial charge on any atom is 0.336 e. The Morgan fingerprint density at radius 1 is 1.33 bits per heavy atom. The normalized spacial score (nSPS) is 19.8. The molecule has 3 N–H and O–H groups in total. The Morgan fingerprint density at radius 3 is 2.50 bits per heavy atom. The minimum atomic E-state index is -0.434. The number of nitrogens with one attached hydrogen (secondary N) is 1. The second-order valence-electron chi connectivity index (χ2n) is 4.22. The zero-order valence-electron chi connectivity index (χ0n) is 10.3. The summed E-state index contributed by atoms with van der Waals surface area (Å²) < 4.78 is 0. The van der Waals surface area contributed by atoms with Gasteiger partial charge in [-0.3, -0.25) is 4.79 Å².